The third kappa shape index (κ3) is 5.71. The van der Waals surface area contributed by atoms with Crippen LogP contribution in [0, 0.1) is 18.6 Å². The lowest BCUT2D eigenvalue weighted by Gasteiger charge is -2.33. The molecule has 6 rings (SSSR count). The molecule has 0 amide bonds. The van der Waals surface area contributed by atoms with Crippen LogP contribution in [0.1, 0.15) is 49.8 Å². The number of rotatable bonds is 7. The average molecular weight is 559 g/mol. The lowest BCUT2D eigenvalue weighted by atomic mass is 10.0. The molecule has 1 saturated heterocycles. The van der Waals surface area contributed by atoms with Crippen molar-refractivity contribution in [2.45, 2.75) is 52.6 Å². The van der Waals surface area contributed by atoms with E-state index in [-0.39, 0.29) is 23.2 Å². The van der Waals surface area contributed by atoms with E-state index in [9.17, 15) is 4.39 Å². The van der Waals surface area contributed by atoms with Crippen LogP contribution in [-0.2, 0) is 13.0 Å². The molecule has 0 unspecified atom stereocenters. The fraction of sp³-hybridized carbons (Fsp3) is 0.419. The van der Waals surface area contributed by atoms with Crippen LogP contribution in [0.3, 0.4) is 0 Å². The van der Waals surface area contributed by atoms with Gasteiger partial charge >= 0.3 is 0 Å². The van der Waals surface area contributed by atoms with Gasteiger partial charge in [0.25, 0.3) is 0 Å². The maximum atomic E-state index is 15.0. The van der Waals surface area contributed by atoms with Crippen molar-refractivity contribution in [3.8, 4) is 11.3 Å². The summed E-state index contributed by atoms with van der Waals surface area (Å²) in [7, 11) is 0. The van der Waals surface area contributed by atoms with Gasteiger partial charge in [-0.25, -0.2) is 28.7 Å². The van der Waals surface area contributed by atoms with Crippen molar-refractivity contribution in [1.29, 1.82) is 0 Å². The molecule has 0 aliphatic carbocycles. The summed E-state index contributed by atoms with van der Waals surface area (Å²) in [5, 5.41) is 3.12. The highest BCUT2D eigenvalue weighted by Crippen LogP contribution is 2.30. The van der Waals surface area contributed by atoms with Gasteiger partial charge in [-0.05, 0) is 57.4 Å². The molecule has 2 aliphatic heterocycles. The number of pyridine rings is 1. The van der Waals surface area contributed by atoms with Crippen LogP contribution in [0.4, 0.5) is 20.5 Å². The standard InChI is InChI=1S/C31H36F2N8/c1-19(2)41-21(4)35-30-24(32)15-23(16-27(30)41)29-25(33)17-34-31(38-29)37-28-6-5-22-18-40(12-9-26(22)36-28)14-13-39-10-7-20(3)8-11-39/h5-6,15-17,19H,3,7-14,18H2,1-2,4H3,(H,34,36,37,38). The highest BCUT2D eigenvalue weighted by atomic mass is 19.1. The van der Waals surface area contributed by atoms with E-state index in [0.29, 0.717) is 22.7 Å². The first kappa shape index (κ1) is 27.4. The molecule has 4 aromatic rings. The number of anilines is 2. The average Bonchev–Trinajstić information content (AvgIpc) is 3.30. The number of hydrogen-bond acceptors (Lipinski definition) is 7. The maximum Gasteiger partial charge on any atom is 0.229 e. The Bertz CT molecular complexity index is 1600. The Morgan fingerprint density at radius 1 is 0.951 bits per heavy atom. The summed E-state index contributed by atoms with van der Waals surface area (Å²) in [5.41, 5.74) is 4.85. The molecule has 1 fully saturated rings. The van der Waals surface area contributed by atoms with E-state index in [1.54, 1.807) is 6.07 Å². The molecule has 0 spiro atoms. The molecule has 0 radical (unpaired) electrons. The summed E-state index contributed by atoms with van der Waals surface area (Å²) in [6, 6.07) is 7.07. The second-order valence-electron chi connectivity index (χ2n) is 11.4. The van der Waals surface area contributed by atoms with Crippen LogP contribution < -0.4 is 5.32 Å². The Hall–Kier alpha value is -3.76. The van der Waals surface area contributed by atoms with E-state index >= 15 is 4.39 Å². The van der Waals surface area contributed by atoms with Gasteiger partial charge in [-0.1, -0.05) is 18.2 Å². The molecule has 8 nitrogen and oxygen atoms in total. The lowest BCUT2D eigenvalue weighted by molar-refractivity contribution is 0.185. The van der Waals surface area contributed by atoms with E-state index in [1.807, 2.05) is 31.4 Å². The molecule has 214 valence electrons. The molecule has 1 aromatic carbocycles. The zero-order valence-electron chi connectivity index (χ0n) is 23.9. The number of aryl methyl sites for hydroxylation is 1. The van der Waals surface area contributed by atoms with E-state index in [0.717, 1.165) is 70.4 Å². The van der Waals surface area contributed by atoms with Gasteiger partial charge < -0.3 is 14.8 Å². The zero-order valence-corrected chi connectivity index (χ0v) is 23.9. The highest BCUT2D eigenvalue weighted by molar-refractivity contribution is 5.83. The largest absolute Gasteiger partial charge is 0.326 e. The SMILES string of the molecule is C=C1CCN(CCN2CCc3nc(Nc4ncc(F)c(-c5cc(F)c6nc(C)n(C(C)C)c6c5)n4)ccc3C2)CC1. The van der Waals surface area contributed by atoms with E-state index < -0.39 is 11.6 Å². The molecule has 41 heavy (non-hydrogen) atoms. The molecule has 0 saturated carbocycles. The molecule has 1 N–H and O–H groups in total. The quantitative estimate of drug-likeness (QED) is 0.287. The number of hydrogen-bond donors (Lipinski definition) is 1. The molecule has 10 heteroatoms. The van der Waals surface area contributed by atoms with Gasteiger partial charge in [-0.3, -0.25) is 4.90 Å². The second kappa shape index (κ2) is 11.3. The minimum Gasteiger partial charge on any atom is -0.326 e. The fourth-order valence-electron chi connectivity index (χ4n) is 5.91. The minimum absolute atomic E-state index is 0.0177. The number of piperidine rings is 1. The number of nitrogens with zero attached hydrogens (tertiary/aromatic N) is 7. The molecule has 2 aliphatic rings. The monoisotopic (exact) mass is 558 g/mol. The first-order chi connectivity index (χ1) is 19.7. The molecule has 5 heterocycles. The van der Waals surface area contributed by atoms with Crippen molar-refractivity contribution in [2.24, 2.45) is 0 Å². The highest BCUT2D eigenvalue weighted by Gasteiger charge is 2.21. The Labute approximate surface area is 239 Å². The van der Waals surface area contributed by atoms with Crippen molar-refractivity contribution in [3.63, 3.8) is 0 Å². The summed E-state index contributed by atoms with van der Waals surface area (Å²) >= 11 is 0. The number of likely N-dealkylation sites (tertiary alicyclic amines) is 1. The summed E-state index contributed by atoms with van der Waals surface area (Å²) < 4.78 is 31.9. The number of halogens is 2. The Balaban J connectivity index is 1.17. The van der Waals surface area contributed by atoms with Gasteiger partial charge in [0.15, 0.2) is 11.6 Å². The number of imidazole rings is 1. The fourth-order valence-corrected chi connectivity index (χ4v) is 5.91. The molecule has 3 aromatic heterocycles. The Morgan fingerprint density at radius 2 is 1.71 bits per heavy atom. The number of aromatic nitrogens is 5. The van der Waals surface area contributed by atoms with Gasteiger partial charge in [0.2, 0.25) is 5.95 Å². The number of fused-ring (bicyclic) bond motifs is 2. The van der Waals surface area contributed by atoms with Crippen LogP contribution >= 0.6 is 0 Å². The second-order valence-corrected chi connectivity index (χ2v) is 11.4. The van der Waals surface area contributed by atoms with Gasteiger partial charge in [0, 0.05) is 63.0 Å². The van der Waals surface area contributed by atoms with Gasteiger partial charge in [0.05, 0.1) is 11.7 Å². The topological polar surface area (TPSA) is 75.0 Å². The summed E-state index contributed by atoms with van der Waals surface area (Å²) in [5.74, 6) is 0.351. The van der Waals surface area contributed by atoms with Gasteiger partial charge in [-0.15, -0.1) is 0 Å². The van der Waals surface area contributed by atoms with Gasteiger partial charge in [-0.2, -0.15) is 0 Å². The van der Waals surface area contributed by atoms with Crippen LogP contribution in [0.25, 0.3) is 22.3 Å². The number of benzene rings is 1. The van der Waals surface area contributed by atoms with Crippen molar-refractivity contribution >= 4 is 22.8 Å². The molecule has 0 bridgehead atoms. The van der Waals surface area contributed by atoms with Crippen molar-refractivity contribution in [3.05, 3.63) is 71.3 Å². The third-order valence-electron chi connectivity index (χ3n) is 8.12. The minimum atomic E-state index is -0.630. The third-order valence-corrected chi connectivity index (χ3v) is 8.12. The van der Waals surface area contributed by atoms with Crippen LogP contribution in [-0.4, -0.2) is 67.0 Å². The smallest absolute Gasteiger partial charge is 0.229 e. The van der Waals surface area contributed by atoms with Crippen LogP contribution in [0.15, 0.2) is 42.6 Å². The summed E-state index contributed by atoms with van der Waals surface area (Å²) in [6.07, 6.45) is 4.18. The first-order valence-corrected chi connectivity index (χ1v) is 14.3. The van der Waals surface area contributed by atoms with E-state index in [2.05, 4.69) is 42.7 Å². The molecule has 0 atom stereocenters. The summed E-state index contributed by atoms with van der Waals surface area (Å²) in [6.45, 7) is 16.1. The van der Waals surface area contributed by atoms with E-state index in [1.165, 1.54) is 17.2 Å². The van der Waals surface area contributed by atoms with E-state index in [4.69, 9.17) is 4.98 Å². The van der Waals surface area contributed by atoms with Crippen LogP contribution in [0.2, 0.25) is 0 Å². The van der Waals surface area contributed by atoms with Gasteiger partial charge in [0.1, 0.15) is 22.9 Å². The first-order valence-electron chi connectivity index (χ1n) is 14.3. The Morgan fingerprint density at radius 3 is 2.49 bits per heavy atom. The Kier molecular flexibility index (Phi) is 7.52. The van der Waals surface area contributed by atoms with Crippen molar-refractivity contribution < 1.29 is 8.78 Å². The predicted molar refractivity (Wildman–Crippen MR) is 157 cm³/mol. The predicted octanol–water partition coefficient (Wildman–Crippen LogP) is 5.81. The summed E-state index contributed by atoms with van der Waals surface area (Å²) in [4.78, 5) is 22.7. The molecular formula is C31H36F2N8. The normalized spacial score (nSPS) is 16.5. The van der Waals surface area contributed by atoms with Crippen molar-refractivity contribution in [2.75, 3.05) is 38.0 Å². The maximum absolute atomic E-state index is 15.0. The number of nitrogens with one attached hydrogen (secondary N) is 1. The molecular weight excluding hydrogens is 522 g/mol. The van der Waals surface area contributed by atoms with Crippen LogP contribution in [0.5, 0.6) is 0 Å². The van der Waals surface area contributed by atoms with Crippen molar-refractivity contribution in [1.82, 2.24) is 34.3 Å². The lowest BCUT2D eigenvalue weighted by Crippen LogP contribution is -2.40. The zero-order chi connectivity index (χ0) is 28.7.